The molecule has 0 atom stereocenters. The van der Waals surface area contributed by atoms with Gasteiger partial charge in [0.15, 0.2) is 0 Å². The second kappa shape index (κ2) is 10.4. The number of hydrogen-bond donors (Lipinski definition) is 2. The minimum atomic E-state index is -0.723. The van der Waals surface area contributed by atoms with Gasteiger partial charge in [-0.1, -0.05) is 64.5 Å². The highest BCUT2D eigenvalue weighted by atomic mass is 32.2. The van der Waals surface area contributed by atoms with Crippen molar-refractivity contribution in [3.63, 3.8) is 0 Å². The summed E-state index contributed by atoms with van der Waals surface area (Å²) in [7, 11) is 0. The molecule has 2 saturated carbocycles. The zero-order valence-electron chi connectivity index (χ0n) is 19.0. The largest absolute Gasteiger partial charge is 0.507 e. The minimum absolute atomic E-state index is 0.0916. The Kier molecular flexibility index (Phi) is 8.17. The number of carboxylic acid groups (broad SMARTS) is 1. The van der Waals surface area contributed by atoms with Crippen LogP contribution in [0, 0.1) is 0 Å². The Hall–Kier alpha value is -1.16. The summed E-state index contributed by atoms with van der Waals surface area (Å²) in [6.45, 7) is 4.79. The van der Waals surface area contributed by atoms with Gasteiger partial charge in [0.1, 0.15) is 5.75 Å². The molecular formula is C26H40O3S. The molecule has 2 aliphatic carbocycles. The number of benzene rings is 1. The Morgan fingerprint density at radius 1 is 0.933 bits per heavy atom. The van der Waals surface area contributed by atoms with Crippen LogP contribution >= 0.6 is 11.8 Å². The van der Waals surface area contributed by atoms with E-state index in [-0.39, 0.29) is 17.3 Å². The number of aliphatic carboxylic acids is 1. The molecule has 2 aliphatic rings. The molecule has 0 heterocycles. The Morgan fingerprint density at radius 2 is 1.53 bits per heavy atom. The van der Waals surface area contributed by atoms with Crippen molar-refractivity contribution in [2.45, 2.75) is 108 Å². The number of rotatable bonds is 9. The summed E-state index contributed by atoms with van der Waals surface area (Å²) < 4.78 is 0. The fraction of sp³-hybridized carbons (Fsp3) is 0.731. The van der Waals surface area contributed by atoms with Crippen molar-refractivity contribution in [2.24, 2.45) is 0 Å². The van der Waals surface area contributed by atoms with Gasteiger partial charge < -0.3 is 10.2 Å². The molecule has 0 spiro atoms. The Morgan fingerprint density at radius 3 is 2.13 bits per heavy atom. The molecule has 2 fully saturated rings. The van der Waals surface area contributed by atoms with Crippen LogP contribution in [0.5, 0.6) is 5.75 Å². The molecule has 0 radical (unpaired) electrons. The lowest BCUT2D eigenvalue weighted by Gasteiger charge is -2.39. The van der Waals surface area contributed by atoms with Crippen molar-refractivity contribution in [2.75, 3.05) is 11.5 Å². The highest BCUT2D eigenvalue weighted by Gasteiger charge is 2.35. The molecule has 0 unspecified atom stereocenters. The number of aromatic hydroxyl groups is 1. The monoisotopic (exact) mass is 432 g/mol. The van der Waals surface area contributed by atoms with Crippen LogP contribution < -0.4 is 0 Å². The van der Waals surface area contributed by atoms with Gasteiger partial charge in [-0.15, -0.1) is 0 Å². The molecule has 4 heteroatoms. The molecule has 3 nitrogen and oxygen atoms in total. The molecule has 0 saturated heterocycles. The molecule has 30 heavy (non-hydrogen) atoms. The highest BCUT2D eigenvalue weighted by molar-refractivity contribution is 7.99. The van der Waals surface area contributed by atoms with E-state index in [1.165, 1.54) is 75.3 Å². The fourth-order valence-electron chi connectivity index (χ4n) is 5.54. The minimum Gasteiger partial charge on any atom is -0.507 e. The lowest BCUT2D eigenvalue weighted by molar-refractivity contribution is -0.136. The van der Waals surface area contributed by atoms with Crippen LogP contribution in [0.4, 0.5) is 0 Å². The van der Waals surface area contributed by atoms with Gasteiger partial charge >= 0.3 is 5.97 Å². The third-order valence-corrected chi connectivity index (χ3v) is 8.72. The maximum atomic E-state index is 11.3. The van der Waals surface area contributed by atoms with Gasteiger partial charge in [0.2, 0.25) is 0 Å². The van der Waals surface area contributed by atoms with E-state index in [1.807, 2.05) is 0 Å². The number of hydrogen-bond acceptors (Lipinski definition) is 3. The van der Waals surface area contributed by atoms with Gasteiger partial charge in [0, 0.05) is 11.3 Å². The standard InChI is InChI=1S/C26H40O3S/c1-25(12-5-3-6-13-25)21-18-20(10-9-16-30-17-11-23(27)28)24(29)22(19-21)26(2)14-7-4-8-15-26/h18-19,29H,3-17H2,1-2H3,(H,27,28). The van der Waals surface area contributed by atoms with E-state index >= 15 is 0 Å². The molecule has 3 rings (SSSR count). The predicted molar refractivity (Wildman–Crippen MR) is 127 cm³/mol. The molecule has 0 aromatic heterocycles. The third-order valence-electron chi connectivity index (χ3n) is 7.65. The summed E-state index contributed by atoms with van der Waals surface area (Å²) in [5, 5.41) is 20.1. The average molecular weight is 433 g/mol. The smallest absolute Gasteiger partial charge is 0.304 e. The van der Waals surface area contributed by atoms with E-state index in [0.29, 0.717) is 11.5 Å². The van der Waals surface area contributed by atoms with Gasteiger partial charge in [0.25, 0.3) is 0 Å². The molecule has 1 aromatic rings. The molecule has 1 aromatic carbocycles. The molecular weight excluding hydrogens is 392 g/mol. The van der Waals surface area contributed by atoms with Gasteiger partial charge in [0.05, 0.1) is 6.42 Å². The molecule has 2 N–H and O–H groups in total. The molecule has 0 amide bonds. The highest BCUT2D eigenvalue weighted by Crippen LogP contribution is 2.47. The number of carbonyl (C=O) groups is 1. The molecule has 168 valence electrons. The van der Waals surface area contributed by atoms with E-state index in [2.05, 4.69) is 26.0 Å². The van der Waals surface area contributed by atoms with Crippen LogP contribution in [0.25, 0.3) is 0 Å². The maximum absolute atomic E-state index is 11.3. The van der Waals surface area contributed by atoms with Gasteiger partial charge in [-0.05, 0) is 66.2 Å². The first-order chi connectivity index (χ1) is 14.3. The van der Waals surface area contributed by atoms with E-state index in [9.17, 15) is 9.90 Å². The summed E-state index contributed by atoms with van der Waals surface area (Å²) in [5.74, 6) is 1.43. The van der Waals surface area contributed by atoms with Crippen LogP contribution in [-0.4, -0.2) is 27.7 Å². The van der Waals surface area contributed by atoms with Crippen LogP contribution in [0.2, 0.25) is 0 Å². The number of aryl methyl sites for hydroxylation is 1. The van der Waals surface area contributed by atoms with Crippen LogP contribution in [0.15, 0.2) is 12.1 Å². The zero-order chi connectivity index (χ0) is 21.6. The SMILES string of the molecule is CC1(c2cc(CCCSCCC(=O)O)c(O)c(C3(C)CCCCC3)c2)CCCCC1. The van der Waals surface area contributed by atoms with E-state index in [1.54, 1.807) is 11.8 Å². The van der Waals surface area contributed by atoms with Crippen molar-refractivity contribution in [1.82, 2.24) is 0 Å². The van der Waals surface area contributed by atoms with Crippen molar-refractivity contribution in [3.8, 4) is 5.75 Å². The van der Waals surface area contributed by atoms with Crippen LogP contribution in [0.3, 0.4) is 0 Å². The normalized spacial score (nSPS) is 20.7. The average Bonchev–Trinajstić information content (AvgIpc) is 2.72. The first-order valence-electron chi connectivity index (χ1n) is 12.0. The predicted octanol–water partition coefficient (Wildman–Crippen LogP) is 6.98. The van der Waals surface area contributed by atoms with Crippen molar-refractivity contribution < 1.29 is 15.0 Å². The number of phenols is 1. The Labute approximate surface area is 187 Å². The third kappa shape index (κ3) is 5.75. The topological polar surface area (TPSA) is 57.5 Å². The molecule has 0 aliphatic heterocycles. The van der Waals surface area contributed by atoms with Crippen LogP contribution in [-0.2, 0) is 22.0 Å². The van der Waals surface area contributed by atoms with Crippen LogP contribution in [0.1, 0.15) is 108 Å². The van der Waals surface area contributed by atoms with E-state index < -0.39 is 5.97 Å². The number of thioether (sulfide) groups is 1. The van der Waals surface area contributed by atoms with Gasteiger partial charge in [-0.2, -0.15) is 11.8 Å². The lowest BCUT2D eigenvalue weighted by Crippen LogP contribution is -2.29. The van der Waals surface area contributed by atoms with Crippen molar-refractivity contribution in [3.05, 3.63) is 28.8 Å². The van der Waals surface area contributed by atoms with Crippen molar-refractivity contribution in [1.29, 1.82) is 0 Å². The van der Waals surface area contributed by atoms with E-state index in [0.717, 1.165) is 24.2 Å². The Balaban J connectivity index is 1.82. The van der Waals surface area contributed by atoms with Crippen molar-refractivity contribution >= 4 is 17.7 Å². The Bertz CT molecular complexity index is 715. The zero-order valence-corrected chi connectivity index (χ0v) is 19.8. The summed E-state index contributed by atoms with van der Waals surface area (Å²) >= 11 is 1.71. The van der Waals surface area contributed by atoms with E-state index in [4.69, 9.17) is 5.11 Å². The van der Waals surface area contributed by atoms with Gasteiger partial charge in [-0.3, -0.25) is 4.79 Å². The second-order valence-corrected chi connectivity index (χ2v) is 11.4. The number of phenolic OH excluding ortho intramolecular Hbond substituents is 1. The summed E-state index contributed by atoms with van der Waals surface area (Å²) in [5.41, 5.74) is 4.07. The fourth-order valence-corrected chi connectivity index (χ4v) is 6.41. The number of carboxylic acids is 1. The lowest BCUT2D eigenvalue weighted by atomic mass is 9.66. The summed E-state index contributed by atoms with van der Waals surface area (Å²) in [6.07, 6.45) is 14.7. The maximum Gasteiger partial charge on any atom is 0.304 e. The quantitative estimate of drug-likeness (QED) is 0.413. The first kappa shape index (κ1) is 23.5. The first-order valence-corrected chi connectivity index (χ1v) is 13.2. The molecule has 0 bridgehead atoms. The van der Waals surface area contributed by atoms with Gasteiger partial charge in [-0.25, -0.2) is 0 Å². The summed E-state index contributed by atoms with van der Waals surface area (Å²) in [6, 6.07) is 4.68. The summed E-state index contributed by atoms with van der Waals surface area (Å²) in [4.78, 5) is 10.7. The second-order valence-electron chi connectivity index (χ2n) is 10.1.